The lowest BCUT2D eigenvalue weighted by molar-refractivity contribution is 0.0632. The van der Waals surface area contributed by atoms with Gasteiger partial charge in [0.15, 0.2) is 0 Å². The number of ether oxygens (including phenoxy) is 3. The number of thiol groups is 1. The zero-order valence-electron chi connectivity index (χ0n) is 41.3. The fourth-order valence-electron chi connectivity index (χ4n) is 9.74. The Balaban J connectivity index is 0.840. The van der Waals surface area contributed by atoms with Gasteiger partial charge in [0.2, 0.25) is 0 Å². The summed E-state index contributed by atoms with van der Waals surface area (Å²) in [4.78, 5) is 23.3. The van der Waals surface area contributed by atoms with E-state index in [2.05, 4.69) is 237 Å². The maximum Gasteiger partial charge on any atom is 0.127 e. The van der Waals surface area contributed by atoms with Gasteiger partial charge in [0, 0.05) is 54.0 Å². The normalized spacial score (nSPS) is 23.2. The van der Waals surface area contributed by atoms with Crippen molar-refractivity contribution in [2.24, 2.45) is 0 Å². The minimum Gasteiger partial charge on any atom is -0.486 e. The number of benzene rings is 3. The molecule has 3 fully saturated rings. The lowest BCUT2D eigenvalue weighted by atomic mass is 10.1. The predicted octanol–water partition coefficient (Wildman–Crippen LogP) is 6.83. The Bertz CT molecular complexity index is 2340. The Kier molecular flexibility index (Phi) is 15.9. The standard InChI is InChI=1S/C53H72N12O3S/c1-55(2)32-56(3)31-54-42-7-19-48(20-8-42)66-49-25-13-45(14-26-49)62-38-63(46-15-27-52(28-16-46)67-50-21-9-43(10-22-50)60-34-57(4)33-58(5)35-60)40-64(39-62)47-17-29-53(30-18-47)68-51-23-11-44(12-24-51)61-36-59(6)37-65(69)41-61/h7,9-23,25,27-30,42,49,51,54,69H,8,24,26,31-41H2,1-6H3. The molecule has 3 atom stereocenters. The molecule has 3 saturated heterocycles. The molecule has 1 N–H and O–H groups in total. The molecule has 0 aromatic heterocycles. The Hall–Kier alpha value is -5.43. The van der Waals surface area contributed by atoms with Gasteiger partial charge in [-0.1, -0.05) is 31.0 Å². The van der Waals surface area contributed by atoms with Crippen LogP contribution in [0.25, 0.3) is 0 Å². The maximum atomic E-state index is 6.49. The third-order valence-electron chi connectivity index (χ3n) is 12.9. The summed E-state index contributed by atoms with van der Waals surface area (Å²) in [6.07, 6.45) is 22.4. The first-order valence-corrected chi connectivity index (χ1v) is 24.6. The SMILES string of the molecule is CN(C)CN(C)CNC1C=CC(OC2C=CC(N3CN(c4ccc(Oc5ccc(N6CN(C)CN(C)C6)cc5)cc4)CN(c4ccc(OC5C=CC(N6CN(C)CN(S)C6)=CC5)cc4)C3)=CC2)=CC1. The number of hydrogen-bond acceptors (Lipinski definition) is 16. The first kappa shape index (κ1) is 48.6. The Morgan fingerprint density at radius 1 is 0.522 bits per heavy atom. The molecule has 368 valence electrons. The van der Waals surface area contributed by atoms with Crippen LogP contribution < -0.4 is 29.5 Å². The fraction of sp³-hybridized carbons (Fsp3) is 0.434. The molecule has 3 aromatic rings. The van der Waals surface area contributed by atoms with E-state index in [-0.39, 0.29) is 12.2 Å². The molecule has 69 heavy (non-hydrogen) atoms. The average Bonchev–Trinajstić information content (AvgIpc) is 3.34. The average molecular weight is 957 g/mol. The molecule has 3 heterocycles. The topological polar surface area (TPSA) is 75.4 Å². The Morgan fingerprint density at radius 3 is 1.52 bits per heavy atom. The maximum absolute atomic E-state index is 6.49. The lowest BCUT2D eigenvalue weighted by Crippen LogP contribution is -2.54. The number of nitrogens with one attached hydrogen (secondary N) is 1. The fourth-order valence-corrected chi connectivity index (χ4v) is 10.1. The molecule has 15 nitrogen and oxygen atoms in total. The van der Waals surface area contributed by atoms with Crippen molar-refractivity contribution >= 4 is 29.9 Å². The number of hydrogen-bond donors (Lipinski definition) is 2. The van der Waals surface area contributed by atoms with Gasteiger partial charge in [0.05, 0.1) is 66.7 Å². The largest absolute Gasteiger partial charge is 0.486 e. The van der Waals surface area contributed by atoms with Crippen LogP contribution in [0.15, 0.2) is 145 Å². The molecule has 9 rings (SSSR count). The molecular weight excluding hydrogens is 885 g/mol. The molecule has 0 bridgehead atoms. The molecule has 0 saturated carbocycles. The van der Waals surface area contributed by atoms with E-state index < -0.39 is 0 Å². The van der Waals surface area contributed by atoms with Crippen LogP contribution in [0, 0.1) is 0 Å². The summed E-state index contributed by atoms with van der Waals surface area (Å²) in [5, 5.41) is 3.63. The van der Waals surface area contributed by atoms with Crippen molar-refractivity contribution in [3.05, 3.63) is 145 Å². The van der Waals surface area contributed by atoms with Crippen LogP contribution in [0.1, 0.15) is 19.3 Å². The van der Waals surface area contributed by atoms with Gasteiger partial charge >= 0.3 is 0 Å². The molecule has 3 aromatic carbocycles. The van der Waals surface area contributed by atoms with Gasteiger partial charge in [-0.3, -0.25) is 29.8 Å². The molecule has 0 amide bonds. The monoisotopic (exact) mass is 957 g/mol. The Morgan fingerprint density at radius 2 is 1.01 bits per heavy atom. The predicted molar refractivity (Wildman–Crippen MR) is 281 cm³/mol. The van der Waals surface area contributed by atoms with E-state index in [1.165, 1.54) is 17.1 Å². The van der Waals surface area contributed by atoms with Gasteiger partial charge in [-0.2, -0.15) is 0 Å². The van der Waals surface area contributed by atoms with Crippen LogP contribution in [-0.4, -0.2) is 172 Å². The molecule has 6 aliphatic rings. The highest BCUT2D eigenvalue weighted by atomic mass is 32.1. The smallest absolute Gasteiger partial charge is 0.127 e. The summed E-state index contributed by atoms with van der Waals surface area (Å²) in [7, 11) is 12.7. The highest BCUT2D eigenvalue weighted by Crippen LogP contribution is 2.32. The van der Waals surface area contributed by atoms with E-state index in [0.29, 0.717) is 6.04 Å². The van der Waals surface area contributed by atoms with Crippen molar-refractivity contribution in [3.63, 3.8) is 0 Å². The molecule has 0 radical (unpaired) electrons. The third kappa shape index (κ3) is 13.3. The van der Waals surface area contributed by atoms with Gasteiger partial charge in [-0.15, -0.1) is 0 Å². The van der Waals surface area contributed by atoms with Crippen molar-refractivity contribution in [1.82, 2.24) is 43.9 Å². The second-order valence-corrected chi connectivity index (χ2v) is 20.2. The molecule has 3 aliphatic carbocycles. The van der Waals surface area contributed by atoms with Gasteiger partial charge < -0.3 is 38.7 Å². The summed E-state index contributed by atoms with van der Waals surface area (Å²) < 4.78 is 21.4. The summed E-state index contributed by atoms with van der Waals surface area (Å²) in [6.45, 7) is 9.22. The second kappa shape index (κ2) is 22.5. The van der Waals surface area contributed by atoms with Gasteiger partial charge in [0.1, 0.15) is 35.2 Å². The van der Waals surface area contributed by atoms with Crippen LogP contribution in [0.2, 0.25) is 0 Å². The molecule has 3 aliphatic heterocycles. The van der Waals surface area contributed by atoms with Crippen LogP contribution >= 0.6 is 12.8 Å². The second-order valence-electron chi connectivity index (χ2n) is 19.6. The van der Waals surface area contributed by atoms with E-state index in [4.69, 9.17) is 14.2 Å². The van der Waals surface area contributed by atoms with E-state index in [1.807, 2.05) is 4.31 Å². The molecule has 0 spiro atoms. The van der Waals surface area contributed by atoms with Gasteiger partial charge in [-0.25, -0.2) is 4.31 Å². The zero-order valence-corrected chi connectivity index (χ0v) is 42.2. The number of nitrogens with zero attached hydrogens (tertiary/aromatic N) is 11. The van der Waals surface area contributed by atoms with Crippen molar-refractivity contribution in [2.75, 3.05) is 130 Å². The highest BCUT2D eigenvalue weighted by Gasteiger charge is 2.28. The number of rotatable bonds is 16. The summed E-state index contributed by atoms with van der Waals surface area (Å²) in [5.74, 6) is 3.42. The van der Waals surface area contributed by atoms with E-state index in [0.717, 1.165) is 127 Å². The minimum atomic E-state index is -0.0205. The minimum absolute atomic E-state index is 0.0202. The first-order valence-electron chi connectivity index (χ1n) is 24.2. The van der Waals surface area contributed by atoms with E-state index >= 15 is 0 Å². The van der Waals surface area contributed by atoms with Crippen molar-refractivity contribution in [1.29, 1.82) is 0 Å². The van der Waals surface area contributed by atoms with Crippen LogP contribution in [-0.2, 0) is 4.74 Å². The van der Waals surface area contributed by atoms with Crippen LogP contribution in [0.4, 0.5) is 17.1 Å². The van der Waals surface area contributed by atoms with Crippen molar-refractivity contribution in [3.8, 4) is 17.2 Å². The molecule has 3 unspecified atom stereocenters. The van der Waals surface area contributed by atoms with Crippen molar-refractivity contribution in [2.45, 2.75) is 37.5 Å². The van der Waals surface area contributed by atoms with E-state index in [9.17, 15) is 0 Å². The van der Waals surface area contributed by atoms with Gasteiger partial charge in [-0.05, 0) is 158 Å². The lowest BCUT2D eigenvalue weighted by Gasteiger charge is -2.46. The number of anilines is 3. The highest BCUT2D eigenvalue weighted by molar-refractivity contribution is 7.77. The Labute approximate surface area is 416 Å². The number of allylic oxidation sites excluding steroid dienone is 3. The van der Waals surface area contributed by atoms with Crippen LogP contribution in [0.3, 0.4) is 0 Å². The molecule has 16 heteroatoms. The van der Waals surface area contributed by atoms with E-state index in [1.54, 1.807) is 0 Å². The summed E-state index contributed by atoms with van der Waals surface area (Å²) >= 11 is 4.60. The van der Waals surface area contributed by atoms with Gasteiger partial charge in [0.25, 0.3) is 0 Å². The summed E-state index contributed by atoms with van der Waals surface area (Å²) in [6, 6.07) is 25.8. The third-order valence-corrected chi connectivity index (χ3v) is 13.2. The zero-order chi connectivity index (χ0) is 47.9. The summed E-state index contributed by atoms with van der Waals surface area (Å²) in [5.41, 5.74) is 5.83. The van der Waals surface area contributed by atoms with Crippen LogP contribution in [0.5, 0.6) is 17.2 Å². The van der Waals surface area contributed by atoms with Crippen molar-refractivity contribution < 1.29 is 14.2 Å². The quantitative estimate of drug-likeness (QED) is 0.116. The molecular formula is C53H72N12O3S. The first-order chi connectivity index (χ1) is 33.4.